The molecular formula is C17H22N2OS. The molecule has 2 rings (SSSR count). The summed E-state index contributed by atoms with van der Waals surface area (Å²) >= 11 is 1.68. The fraction of sp³-hybridized carbons (Fsp3) is 0.353. The molecule has 21 heavy (non-hydrogen) atoms. The van der Waals surface area contributed by atoms with Crippen molar-refractivity contribution in [2.45, 2.75) is 31.2 Å². The van der Waals surface area contributed by atoms with Gasteiger partial charge in [0.1, 0.15) is 11.5 Å². The number of nitrogens with one attached hydrogen (secondary N) is 1. The van der Waals surface area contributed by atoms with Crippen LogP contribution in [-0.2, 0) is 0 Å². The highest BCUT2D eigenvalue weighted by Gasteiger charge is 2.07. The van der Waals surface area contributed by atoms with Crippen LogP contribution >= 0.6 is 11.8 Å². The molecule has 1 heterocycles. The Kier molecular flexibility index (Phi) is 6.08. The molecule has 0 fully saturated rings. The molecule has 0 spiro atoms. The van der Waals surface area contributed by atoms with Crippen LogP contribution in [0.3, 0.4) is 0 Å². The molecule has 112 valence electrons. The van der Waals surface area contributed by atoms with Gasteiger partial charge in [0.05, 0.1) is 11.9 Å². The van der Waals surface area contributed by atoms with E-state index in [9.17, 15) is 0 Å². The molecule has 1 aromatic heterocycles. The van der Waals surface area contributed by atoms with Gasteiger partial charge in [-0.3, -0.25) is 4.98 Å². The quantitative estimate of drug-likeness (QED) is 0.755. The molecule has 0 amide bonds. The molecule has 0 aliphatic heterocycles. The van der Waals surface area contributed by atoms with E-state index in [1.165, 1.54) is 0 Å². The Morgan fingerprint density at radius 2 is 2.05 bits per heavy atom. The van der Waals surface area contributed by atoms with Crippen LogP contribution in [0.5, 0.6) is 11.5 Å². The van der Waals surface area contributed by atoms with Gasteiger partial charge in [0.25, 0.3) is 0 Å². The number of nitrogens with zero attached hydrogens (tertiary/aromatic N) is 1. The third-order valence-corrected chi connectivity index (χ3v) is 3.98. The van der Waals surface area contributed by atoms with Crippen molar-refractivity contribution in [3.05, 3.63) is 48.3 Å². The van der Waals surface area contributed by atoms with Gasteiger partial charge in [0, 0.05) is 10.9 Å². The van der Waals surface area contributed by atoms with Gasteiger partial charge in [0.2, 0.25) is 0 Å². The van der Waals surface area contributed by atoms with E-state index >= 15 is 0 Å². The number of hydrogen-bond donors (Lipinski definition) is 1. The second-order valence-corrected chi connectivity index (χ2v) is 5.70. The highest BCUT2D eigenvalue weighted by molar-refractivity contribution is 7.98. The van der Waals surface area contributed by atoms with Gasteiger partial charge < -0.3 is 10.1 Å². The zero-order valence-electron chi connectivity index (χ0n) is 12.8. The topological polar surface area (TPSA) is 34.1 Å². The second-order valence-electron chi connectivity index (χ2n) is 4.85. The van der Waals surface area contributed by atoms with E-state index in [-0.39, 0.29) is 6.04 Å². The zero-order valence-corrected chi connectivity index (χ0v) is 13.6. The van der Waals surface area contributed by atoms with Crippen LogP contribution in [0.1, 0.15) is 32.0 Å². The van der Waals surface area contributed by atoms with E-state index in [2.05, 4.69) is 30.2 Å². The second kappa shape index (κ2) is 8.05. The van der Waals surface area contributed by atoms with Gasteiger partial charge in [-0.15, -0.1) is 11.8 Å². The third kappa shape index (κ3) is 4.48. The Morgan fingerprint density at radius 1 is 1.24 bits per heavy atom. The number of hydrogen-bond acceptors (Lipinski definition) is 4. The van der Waals surface area contributed by atoms with Gasteiger partial charge in [-0.25, -0.2) is 0 Å². The van der Waals surface area contributed by atoms with E-state index in [0.717, 1.165) is 35.1 Å². The summed E-state index contributed by atoms with van der Waals surface area (Å²) in [4.78, 5) is 5.61. The first-order chi connectivity index (χ1) is 10.2. The first-order valence-corrected chi connectivity index (χ1v) is 8.47. The third-order valence-electron chi connectivity index (χ3n) is 3.20. The van der Waals surface area contributed by atoms with Gasteiger partial charge in [-0.2, -0.15) is 0 Å². The van der Waals surface area contributed by atoms with Gasteiger partial charge >= 0.3 is 0 Å². The van der Waals surface area contributed by atoms with Crippen LogP contribution in [0.15, 0.2) is 47.5 Å². The van der Waals surface area contributed by atoms with Crippen LogP contribution in [0.25, 0.3) is 0 Å². The Bertz CT molecular complexity index is 557. The molecule has 0 aliphatic carbocycles. The molecule has 2 aromatic rings. The Morgan fingerprint density at radius 3 is 2.71 bits per heavy atom. The number of aromatic nitrogens is 1. The minimum Gasteiger partial charge on any atom is -0.455 e. The summed E-state index contributed by atoms with van der Waals surface area (Å²) in [6, 6.07) is 12.3. The Hall–Kier alpha value is -1.52. The summed E-state index contributed by atoms with van der Waals surface area (Å²) < 4.78 is 5.91. The fourth-order valence-corrected chi connectivity index (χ4v) is 2.53. The molecule has 0 radical (unpaired) electrons. The van der Waals surface area contributed by atoms with Gasteiger partial charge in [-0.05, 0) is 50.4 Å². The van der Waals surface area contributed by atoms with Crippen LogP contribution in [0, 0.1) is 0 Å². The first kappa shape index (κ1) is 15.9. The molecule has 1 N–H and O–H groups in total. The molecule has 1 atom stereocenters. The van der Waals surface area contributed by atoms with Crippen LogP contribution in [0.2, 0.25) is 0 Å². The molecule has 0 aliphatic rings. The summed E-state index contributed by atoms with van der Waals surface area (Å²) in [5.74, 6) is 1.64. The monoisotopic (exact) mass is 302 g/mol. The summed E-state index contributed by atoms with van der Waals surface area (Å²) in [7, 11) is 0. The van der Waals surface area contributed by atoms with Crippen molar-refractivity contribution in [2.75, 3.05) is 12.8 Å². The normalized spacial score (nSPS) is 12.1. The lowest BCUT2D eigenvalue weighted by Gasteiger charge is -2.13. The summed E-state index contributed by atoms with van der Waals surface area (Å²) in [6.07, 6.45) is 4.96. The zero-order chi connectivity index (χ0) is 15.1. The minimum atomic E-state index is 0.262. The lowest BCUT2D eigenvalue weighted by Crippen LogP contribution is -2.20. The average Bonchev–Trinajstić information content (AvgIpc) is 2.54. The van der Waals surface area contributed by atoms with Crippen molar-refractivity contribution in [2.24, 2.45) is 0 Å². The number of pyridine rings is 1. The number of ether oxygens (including phenoxy) is 1. The maximum absolute atomic E-state index is 5.91. The maximum atomic E-state index is 5.91. The Balaban J connectivity index is 2.05. The van der Waals surface area contributed by atoms with E-state index in [1.54, 1.807) is 18.0 Å². The fourth-order valence-electron chi connectivity index (χ4n) is 2.00. The largest absolute Gasteiger partial charge is 0.455 e. The minimum absolute atomic E-state index is 0.262. The molecule has 3 nitrogen and oxygen atoms in total. The first-order valence-electron chi connectivity index (χ1n) is 7.24. The van der Waals surface area contributed by atoms with Crippen molar-refractivity contribution in [1.82, 2.24) is 10.3 Å². The predicted octanol–water partition coefficient (Wildman–Crippen LogP) is 4.66. The molecular weight excluding hydrogens is 280 g/mol. The highest BCUT2D eigenvalue weighted by atomic mass is 32.2. The van der Waals surface area contributed by atoms with Crippen molar-refractivity contribution in [1.29, 1.82) is 0 Å². The van der Waals surface area contributed by atoms with Crippen LogP contribution in [0.4, 0.5) is 0 Å². The number of rotatable bonds is 7. The maximum Gasteiger partial charge on any atom is 0.145 e. The van der Waals surface area contributed by atoms with Crippen molar-refractivity contribution < 1.29 is 4.74 Å². The van der Waals surface area contributed by atoms with Gasteiger partial charge in [0.15, 0.2) is 0 Å². The predicted molar refractivity (Wildman–Crippen MR) is 89.2 cm³/mol. The van der Waals surface area contributed by atoms with E-state index in [0.29, 0.717) is 0 Å². The Labute approximate surface area is 131 Å². The average molecular weight is 302 g/mol. The number of benzene rings is 1. The lowest BCUT2D eigenvalue weighted by molar-refractivity contribution is 0.467. The highest BCUT2D eigenvalue weighted by Crippen LogP contribution is 2.31. The molecule has 4 heteroatoms. The molecule has 0 saturated carbocycles. The van der Waals surface area contributed by atoms with Gasteiger partial charge in [-0.1, -0.05) is 19.1 Å². The van der Waals surface area contributed by atoms with E-state index in [4.69, 9.17) is 4.74 Å². The van der Waals surface area contributed by atoms with Crippen molar-refractivity contribution in [3.8, 4) is 11.5 Å². The van der Waals surface area contributed by atoms with E-state index in [1.807, 2.05) is 36.6 Å². The molecule has 0 bridgehead atoms. The van der Waals surface area contributed by atoms with E-state index < -0.39 is 0 Å². The van der Waals surface area contributed by atoms with Crippen LogP contribution in [-0.4, -0.2) is 17.8 Å². The molecule has 1 aromatic carbocycles. The number of thioether (sulfide) groups is 1. The SMILES string of the molecule is CCCNC(C)c1ccc(Oc2ccccc2SC)cn1. The van der Waals surface area contributed by atoms with Crippen molar-refractivity contribution >= 4 is 11.8 Å². The smallest absolute Gasteiger partial charge is 0.145 e. The summed E-state index contributed by atoms with van der Waals surface area (Å²) in [5.41, 5.74) is 1.04. The van der Waals surface area contributed by atoms with Crippen molar-refractivity contribution in [3.63, 3.8) is 0 Å². The lowest BCUT2D eigenvalue weighted by atomic mass is 10.2. The standard InChI is InChI=1S/C17H22N2OS/c1-4-11-18-13(2)15-10-9-14(12-19-15)20-16-7-5-6-8-17(16)21-3/h5-10,12-13,18H,4,11H2,1-3H3. The molecule has 1 unspecified atom stereocenters. The van der Waals surface area contributed by atoms with Crippen LogP contribution < -0.4 is 10.1 Å². The summed E-state index contributed by atoms with van der Waals surface area (Å²) in [6.45, 7) is 5.29. The summed E-state index contributed by atoms with van der Waals surface area (Å²) in [5, 5.41) is 3.43. The number of para-hydroxylation sites is 1. The molecule has 0 saturated heterocycles.